The summed E-state index contributed by atoms with van der Waals surface area (Å²) in [6.45, 7) is 5.83. The molecule has 2 amide bonds. The maximum absolute atomic E-state index is 13.2. The van der Waals surface area contributed by atoms with Gasteiger partial charge in [0.1, 0.15) is 0 Å². The number of hydrogen-bond acceptors (Lipinski definition) is 5. The topological polar surface area (TPSA) is 94.5 Å². The average Bonchev–Trinajstić information content (AvgIpc) is 3.32. The number of amides is 2. The number of methoxy groups -OCH3 is 2. The van der Waals surface area contributed by atoms with E-state index >= 15 is 0 Å². The highest BCUT2D eigenvalue weighted by molar-refractivity contribution is 6.34. The fraction of sp³-hybridized carbons (Fsp3) is 0.250. The van der Waals surface area contributed by atoms with E-state index in [1.165, 1.54) is 0 Å². The summed E-state index contributed by atoms with van der Waals surface area (Å²) < 4.78 is 12.5. The first kappa shape index (κ1) is 26.0. The van der Waals surface area contributed by atoms with Gasteiger partial charge in [0.05, 0.1) is 47.9 Å². The van der Waals surface area contributed by atoms with Crippen LogP contribution in [0.5, 0.6) is 11.5 Å². The Morgan fingerprint density at radius 1 is 1.00 bits per heavy atom. The molecule has 0 aliphatic rings. The van der Waals surface area contributed by atoms with Crippen molar-refractivity contribution in [3.63, 3.8) is 0 Å². The Kier molecular flexibility index (Phi) is 7.40. The Balaban J connectivity index is 1.59. The highest BCUT2D eigenvalue weighted by Gasteiger charge is 2.21. The molecular formula is C28H29ClN4O4. The summed E-state index contributed by atoms with van der Waals surface area (Å²) in [5, 5.41) is 11.5. The molecule has 0 atom stereocenters. The molecule has 1 aromatic heterocycles. The minimum Gasteiger partial charge on any atom is -0.493 e. The van der Waals surface area contributed by atoms with Crippen LogP contribution in [0.15, 0.2) is 60.8 Å². The fourth-order valence-electron chi connectivity index (χ4n) is 3.82. The number of aromatic nitrogens is 2. The van der Waals surface area contributed by atoms with Gasteiger partial charge in [0.2, 0.25) is 5.91 Å². The van der Waals surface area contributed by atoms with E-state index in [9.17, 15) is 9.59 Å². The maximum atomic E-state index is 13.2. The van der Waals surface area contributed by atoms with Crippen molar-refractivity contribution in [2.24, 2.45) is 5.41 Å². The molecule has 0 saturated heterocycles. The van der Waals surface area contributed by atoms with E-state index in [0.717, 1.165) is 22.2 Å². The summed E-state index contributed by atoms with van der Waals surface area (Å²) in [5.74, 6) is 0.765. The van der Waals surface area contributed by atoms with Crippen molar-refractivity contribution < 1.29 is 19.1 Å². The molecule has 4 rings (SSSR count). The van der Waals surface area contributed by atoms with Gasteiger partial charge >= 0.3 is 0 Å². The van der Waals surface area contributed by atoms with Crippen molar-refractivity contribution >= 4 is 40.0 Å². The molecule has 0 saturated carbocycles. The first-order chi connectivity index (χ1) is 17.6. The SMILES string of the molecule is COc1ccc(-n2ncc3c(NC(=O)c4cc(CNC(=O)C(C)(C)C)ccc4Cl)cccc32)cc1OC. The van der Waals surface area contributed by atoms with E-state index in [1.54, 1.807) is 43.3 Å². The Hall–Kier alpha value is -4.04. The Morgan fingerprint density at radius 2 is 1.76 bits per heavy atom. The molecule has 3 aromatic carbocycles. The minimum absolute atomic E-state index is 0.0772. The summed E-state index contributed by atoms with van der Waals surface area (Å²) in [4.78, 5) is 25.4. The molecule has 2 N–H and O–H groups in total. The molecule has 0 bridgehead atoms. The minimum atomic E-state index is -0.507. The lowest BCUT2D eigenvalue weighted by Crippen LogP contribution is -2.34. The van der Waals surface area contributed by atoms with E-state index < -0.39 is 5.41 Å². The van der Waals surface area contributed by atoms with Crippen molar-refractivity contribution in [1.29, 1.82) is 0 Å². The third kappa shape index (κ3) is 5.54. The number of rotatable bonds is 7. The molecule has 0 radical (unpaired) electrons. The molecule has 0 aliphatic carbocycles. The van der Waals surface area contributed by atoms with E-state index in [1.807, 2.05) is 57.2 Å². The van der Waals surface area contributed by atoms with Gasteiger partial charge < -0.3 is 20.1 Å². The summed E-state index contributed by atoms with van der Waals surface area (Å²) >= 11 is 6.36. The molecular weight excluding hydrogens is 492 g/mol. The first-order valence-corrected chi connectivity index (χ1v) is 12.1. The molecule has 1 heterocycles. The van der Waals surface area contributed by atoms with Gasteiger partial charge in [-0.25, -0.2) is 4.68 Å². The quantitative estimate of drug-likeness (QED) is 0.330. The Bertz CT molecular complexity index is 1470. The Labute approximate surface area is 220 Å². The van der Waals surface area contributed by atoms with Crippen LogP contribution in [-0.4, -0.2) is 35.8 Å². The number of halogens is 1. The van der Waals surface area contributed by atoms with Crippen LogP contribution in [0.1, 0.15) is 36.7 Å². The zero-order chi connectivity index (χ0) is 26.7. The van der Waals surface area contributed by atoms with Gasteiger partial charge in [-0.15, -0.1) is 0 Å². The summed E-state index contributed by atoms with van der Waals surface area (Å²) in [6.07, 6.45) is 1.70. The first-order valence-electron chi connectivity index (χ1n) is 11.7. The number of hydrogen-bond donors (Lipinski definition) is 2. The number of benzene rings is 3. The summed E-state index contributed by atoms with van der Waals surface area (Å²) in [6, 6.07) is 16.2. The molecule has 37 heavy (non-hydrogen) atoms. The van der Waals surface area contributed by atoms with Crippen molar-refractivity contribution in [1.82, 2.24) is 15.1 Å². The molecule has 0 aliphatic heterocycles. The second-order valence-electron chi connectivity index (χ2n) is 9.54. The van der Waals surface area contributed by atoms with Crippen molar-refractivity contribution in [2.45, 2.75) is 27.3 Å². The van der Waals surface area contributed by atoms with Gasteiger partial charge in [-0.2, -0.15) is 5.10 Å². The maximum Gasteiger partial charge on any atom is 0.257 e. The third-order valence-electron chi connectivity index (χ3n) is 5.88. The van der Waals surface area contributed by atoms with Crippen molar-refractivity contribution in [3.05, 3.63) is 76.9 Å². The van der Waals surface area contributed by atoms with Crippen LogP contribution in [0, 0.1) is 5.41 Å². The number of nitrogens with one attached hydrogen (secondary N) is 2. The molecule has 0 unspecified atom stereocenters. The molecule has 192 valence electrons. The lowest BCUT2D eigenvalue weighted by molar-refractivity contribution is -0.128. The van der Waals surface area contributed by atoms with Gasteiger partial charge in [0.15, 0.2) is 11.5 Å². The van der Waals surface area contributed by atoms with Crippen LogP contribution < -0.4 is 20.1 Å². The number of carbonyl (C=O) groups excluding carboxylic acids is 2. The van der Waals surface area contributed by atoms with Crippen LogP contribution in [0.4, 0.5) is 5.69 Å². The highest BCUT2D eigenvalue weighted by atomic mass is 35.5. The zero-order valence-corrected chi connectivity index (χ0v) is 22.1. The normalized spacial score (nSPS) is 11.3. The van der Waals surface area contributed by atoms with Crippen LogP contribution >= 0.6 is 11.6 Å². The number of ether oxygens (including phenoxy) is 2. The van der Waals surface area contributed by atoms with Gasteiger partial charge in [0.25, 0.3) is 5.91 Å². The number of fused-ring (bicyclic) bond motifs is 1. The lowest BCUT2D eigenvalue weighted by atomic mass is 9.95. The Morgan fingerprint density at radius 3 is 2.46 bits per heavy atom. The van der Waals surface area contributed by atoms with E-state index in [0.29, 0.717) is 34.3 Å². The predicted molar refractivity (Wildman–Crippen MR) is 145 cm³/mol. The van der Waals surface area contributed by atoms with Gasteiger partial charge in [-0.3, -0.25) is 9.59 Å². The number of nitrogens with zero attached hydrogens (tertiary/aromatic N) is 2. The second-order valence-corrected chi connectivity index (χ2v) is 9.94. The third-order valence-corrected chi connectivity index (χ3v) is 6.21. The number of anilines is 1. The van der Waals surface area contributed by atoms with Crippen LogP contribution in [0.2, 0.25) is 5.02 Å². The molecule has 8 nitrogen and oxygen atoms in total. The van der Waals surface area contributed by atoms with E-state index in [-0.39, 0.29) is 11.8 Å². The van der Waals surface area contributed by atoms with Crippen LogP contribution in [0.3, 0.4) is 0 Å². The van der Waals surface area contributed by atoms with Crippen molar-refractivity contribution in [2.75, 3.05) is 19.5 Å². The standard InChI is InChI=1S/C28H29ClN4O4/c1-28(2,3)27(35)30-15-17-9-11-21(29)19(13-17)26(34)32-22-7-6-8-23-20(22)16-31-33(23)18-10-12-24(36-4)25(14-18)37-5/h6-14,16H,15H2,1-5H3,(H,30,35)(H,32,34). The average molecular weight is 521 g/mol. The zero-order valence-electron chi connectivity index (χ0n) is 21.4. The fourth-order valence-corrected chi connectivity index (χ4v) is 4.02. The molecule has 0 spiro atoms. The molecule has 9 heteroatoms. The van der Waals surface area contributed by atoms with Crippen molar-refractivity contribution in [3.8, 4) is 17.2 Å². The predicted octanol–water partition coefficient (Wildman–Crippen LogP) is 5.61. The second kappa shape index (κ2) is 10.5. The number of carbonyl (C=O) groups is 2. The lowest BCUT2D eigenvalue weighted by Gasteiger charge is -2.18. The largest absolute Gasteiger partial charge is 0.493 e. The summed E-state index contributed by atoms with van der Waals surface area (Å²) in [5.41, 5.74) is 2.75. The monoisotopic (exact) mass is 520 g/mol. The van der Waals surface area contributed by atoms with Gasteiger partial charge in [-0.1, -0.05) is 44.5 Å². The summed E-state index contributed by atoms with van der Waals surface area (Å²) in [7, 11) is 3.16. The van der Waals surface area contributed by atoms with Gasteiger partial charge in [-0.05, 0) is 42.0 Å². The smallest absolute Gasteiger partial charge is 0.257 e. The molecule has 0 fully saturated rings. The van der Waals surface area contributed by atoms with Crippen LogP contribution in [-0.2, 0) is 11.3 Å². The van der Waals surface area contributed by atoms with Gasteiger partial charge in [0, 0.05) is 23.4 Å². The highest BCUT2D eigenvalue weighted by Crippen LogP contribution is 2.32. The van der Waals surface area contributed by atoms with E-state index in [2.05, 4.69) is 15.7 Å². The van der Waals surface area contributed by atoms with E-state index in [4.69, 9.17) is 21.1 Å². The van der Waals surface area contributed by atoms with Crippen LogP contribution in [0.25, 0.3) is 16.6 Å². The molecule has 4 aromatic rings.